The van der Waals surface area contributed by atoms with Crippen LogP contribution in [0.1, 0.15) is 67.4 Å². The zero-order valence-corrected chi connectivity index (χ0v) is 21.4. The minimum absolute atomic E-state index is 0.0186. The van der Waals surface area contributed by atoms with Crippen LogP contribution in [0.3, 0.4) is 0 Å². The highest BCUT2D eigenvalue weighted by Gasteiger charge is 2.42. The number of likely N-dealkylation sites (N-methyl/N-ethyl adjacent to an activating group) is 1. The van der Waals surface area contributed by atoms with Crippen LogP contribution in [0.15, 0.2) is 29.3 Å². The van der Waals surface area contributed by atoms with Gasteiger partial charge >= 0.3 is 0 Å². The first-order valence-corrected chi connectivity index (χ1v) is 13.0. The first-order valence-electron chi connectivity index (χ1n) is 13.0. The lowest BCUT2D eigenvalue weighted by atomic mass is 9.93. The molecule has 4 fully saturated rings. The molecule has 10 nitrogen and oxygen atoms in total. The maximum atomic E-state index is 13.4. The highest BCUT2D eigenvalue weighted by atomic mass is 16.2. The first-order chi connectivity index (χ1) is 17.8. The number of rotatable bonds is 5. The smallest absolute Gasteiger partial charge is 0.263 e. The van der Waals surface area contributed by atoms with Crippen molar-refractivity contribution in [3.63, 3.8) is 0 Å². The SMILES string of the molecule is CC(=O)c1c(C)c2cnc(Nc3ccc(N4CC5CC(CC4=O)N5C)cn3)nc2n(C2CCCC2)c1=O. The highest BCUT2D eigenvalue weighted by Crippen LogP contribution is 2.34. The number of ketones is 1. The average Bonchev–Trinajstić information content (AvgIpc) is 3.29. The molecule has 1 saturated carbocycles. The molecule has 2 atom stereocenters. The number of hydrogen-bond donors (Lipinski definition) is 1. The molecule has 6 heterocycles. The molecular formula is C27H31N7O3. The van der Waals surface area contributed by atoms with Gasteiger partial charge in [0.05, 0.1) is 17.4 Å². The Hall–Kier alpha value is -3.66. The summed E-state index contributed by atoms with van der Waals surface area (Å²) in [5, 5.41) is 3.84. The lowest BCUT2D eigenvalue weighted by molar-refractivity contribution is -0.119. The summed E-state index contributed by atoms with van der Waals surface area (Å²) in [6, 6.07) is 4.45. The number of anilines is 3. The molecule has 3 aromatic rings. The molecule has 2 bridgehead atoms. The fourth-order valence-corrected chi connectivity index (χ4v) is 6.15. The van der Waals surface area contributed by atoms with Gasteiger partial charge in [0.2, 0.25) is 11.9 Å². The van der Waals surface area contributed by atoms with Gasteiger partial charge in [0.25, 0.3) is 5.56 Å². The van der Waals surface area contributed by atoms with Gasteiger partial charge < -0.3 is 10.2 Å². The third kappa shape index (κ3) is 3.99. The number of carbonyl (C=O) groups excluding carboxylic acids is 2. The molecule has 7 rings (SSSR count). The van der Waals surface area contributed by atoms with Crippen molar-refractivity contribution in [2.24, 2.45) is 0 Å². The number of nitrogens with zero attached hydrogens (tertiary/aromatic N) is 6. The molecule has 192 valence electrons. The molecule has 1 amide bonds. The molecule has 10 heteroatoms. The van der Waals surface area contributed by atoms with E-state index >= 15 is 0 Å². The van der Waals surface area contributed by atoms with Gasteiger partial charge in [-0.3, -0.25) is 23.9 Å². The highest BCUT2D eigenvalue weighted by molar-refractivity contribution is 5.99. The summed E-state index contributed by atoms with van der Waals surface area (Å²) < 4.78 is 1.70. The van der Waals surface area contributed by atoms with Gasteiger partial charge in [-0.05, 0) is 57.9 Å². The molecule has 0 spiro atoms. The Morgan fingerprint density at radius 3 is 2.51 bits per heavy atom. The van der Waals surface area contributed by atoms with E-state index in [2.05, 4.69) is 27.2 Å². The van der Waals surface area contributed by atoms with E-state index in [1.54, 1.807) is 23.9 Å². The fourth-order valence-electron chi connectivity index (χ4n) is 6.15. The fraction of sp³-hybridized carbons (Fsp3) is 0.481. The van der Waals surface area contributed by atoms with E-state index in [9.17, 15) is 14.4 Å². The maximum absolute atomic E-state index is 13.4. The predicted molar refractivity (Wildman–Crippen MR) is 140 cm³/mol. The van der Waals surface area contributed by atoms with Crippen LogP contribution in [0.25, 0.3) is 11.0 Å². The van der Waals surface area contributed by atoms with Gasteiger partial charge in [0, 0.05) is 42.7 Å². The van der Waals surface area contributed by atoms with Gasteiger partial charge in [0.15, 0.2) is 5.78 Å². The number of amides is 1. The molecule has 37 heavy (non-hydrogen) atoms. The average molecular weight is 502 g/mol. The van der Waals surface area contributed by atoms with E-state index in [-0.39, 0.29) is 28.9 Å². The second kappa shape index (κ2) is 9.02. The largest absolute Gasteiger partial charge is 0.309 e. The second-order valence-corrected chi connectivity index (χ2v) is 10.5. The zero-order valence-electron chi connectivity index (χ0n) is 21.4. The maximum Gasteiger partial charge on any atom is 0.263 e. The van der Waals surface area contributed by atoms with Crippen molar-refractivity contribution in [2.45, 2.75) is 70.5 Å². The van der Waals surface area contributed by atoms with E-state index in [1.807, 2.05) is 17.0 Å². The Morgan fingerprint density at radius 2 is 1.84 bits per heavy atom. The second-order valence-electron chi connectivity index (χ2n) is 10.5. The van der Waals surface area contributed by atoms with Crippen LogP contribution >= 0.6 is 0 Å². The van der Waals surface area contributed by atoms with E-state index in [0.29, 0.717) is 53.4 Å². The minimum atomic E-state index is -0.276. The van der Waals surface area contributed by atoms with Crippen molar-refractivity contribution in [3.8, 4) is 0 Å². The lowest BCUT2D eigenvalue weighted by Crippen LogP contribution is -2.54. The monoisotopic (exact) mass is 501 g/mol. The topological polar surface area (TPSA) is 113 Å². The van der Waals surface area contributed by atoms with Crippen molar-refractivity contribution in [3.05, 3.63) is 46.0 Å². The van der Waals surface area contributed by atoms with Crippen LogP contribution in [-0.2, 0) is 4.79 Å². The molecule has 3 aliphatic heterocycles. The molecule has 1 N–H and O–H groups in total. The van der Waals surface area contributed by atoms with Gasteiger partial charge in [-0.25, -0.2) is 9.97 Å². The Labute approximate surface area is 214 Å². The lowest BCUT2D eigenvalue weighted by Gasteiger charge is -2.44. The Kier molecular flexibility index (Phi) is 5.78. The predicted octanol–water partition coefficient (Wildman–Crippen LogP) is 3.37. The number of Topliss-reactive ketones (excluding diaryl/α,β-unsaturated/α-hetero) is 1. The van der Waals surface area contributed by atoms with Crippen LogP contribution in [0.5, 0.6) is 0 Å². The molecule has 0 radical (unpaired) electrons. The number of aromatic nitrogens is 4. The van der Waals surface area contributed by atoms with E-state index in [1.165, 1.54) is 6.92 Å². The van der Waals surface area contributed by atoms with E-state index in [4.69, 9.17) is 4.98 Å². The summed E-state index contributed by atoms with van der Waals surface area (Å²) in [7, 11) is 2.08. The van der Waals surface area contributed by atoms with Crippen LogP contribution in [0.4, 0.5) is 17.5 Å². The van der Waals surface area contributed by atoms with E-state index < -0.39 is 0 Å². The molecule has 4 aliphatic rings. The normalized spacial score (nSPS) is 22.2. The Balaban J connectivity index is 1.31. The molecule has 1 aliphatic carbocycles. The Morgan fingerprint density at radius 1 is 1.05 bits per heavy atom. The van der Waals surface area contributed by atoms with Gasteiger partial charge in [-0.15, -0.1) is 0 Å². The summed E-state index contributed by atoms with van der Waals surface area (Å²) in [4.78, 5) is 56.3. The molecule has 0 aromatic carbocycles. The van der Waals surface area contributed by atoms with Crippen molar-refractivity contribution >= 4 is 40.2 Å². The third-order valence-corrected chi connectivity index (χ3v) is 8.35. The standard InChI is InChI=1S/C27H31N7O3/c1-15-21-13-29-27(31-25(21)34(17-6-4-5-7-17)26(37)24(15)16(2)35)30-22-9-8-18(12-28-22)33-14-20-10-19(32(20)3)11-23(33)36/h8-9,12-13,17,19-20H,4-7,10-11,14H2,1-3H3,(H,28,29,30,31). The number of nitrogens with one attached hydrogen (secondary N) is 1. The molecular weight excluding hydrogens is 470 g/mol. The number of aryl methyl sites for hydroxylation is 1. The summed E-state index contributed by atoms with van der Waals surface area (Å²) >= 11 is 0. The quantitative estimate of drug-likeness (QED) is 0.530. The Bertz CT molecular complexity index is 1460. The van der Waals surface area contributed by atoms with Crippen molar-refractivity contribution in [1.29, 1.82) is 0 Å². The van der Waals surface area contributed by atoms with Crippen molar-refractivity contribution < 1.29 is 9.59 Å². The van der Waals surface area contributed by atoms with Crippen LogP contribution < -0.4 is 15.8 Å². The third-order valence-electron chi connectivity index (χ3n) is 8.35. The van der Waals surface area contributed by atoms with Crippen LogP contribution in [0.2, 0.25) is 0 Å². The van der Waals surface area contributed by atoms with Gasteiger partial charge in [0.1, 0.15) is 11.5 Å². The minimum Gasteiger partial charge on any atom is -0.309 e. The first kappa shape index (κ1) is 23.7. The van der Waals surface area contributed by atoms with Gasteiger partial charge in [-0.2, -0.15) is 4.98 Å². The number of hydrogen-bond acceptors (Lipinski definition) is 8. The number of carbonyl (C=O) groups is 2. The van der Waals surface area contributed by atoms with Crippen molar-refractivity contribution in [1.82, 2.24) is 24.4 Å². The summed E-state index contributed by atoms with van der Waals surface area (Å²) in [6.07, 6.45) is 8.83. The molecule has 2 unspecified atom stereocenters. The molecule has 3 aromatic heterocycles. The van der Waals surface area contributed by atoms with Crippen LogP contribution in [0, 0.1) is 6.92 Å². The van der Waals surface area contributed by atoms with Crippen LogP contribution in [-0.4, -0.2) is 61.8 Å². The summed E-state index contributed by atoms with van der Waals surface area (Å²) in [6.45, 7) is 3.89. The summed E-state index contributed by atoms with van der Waals surface area (Å²) in [5.41, 5.74) is 1.86. The number of fused-ring (bicyclic) bond motifs is 4. The van der Waals surface area contributed by atoms with Crippen molar-refractivity contribution in [2.75, 3.05) is 23.8 Å². The number of pyridine rings is 2. The van der Waals surface area contributed by atoms with E-state index in [0.717, 1.165) is 37.8 Å². The summed E-state index contributed by atoms with van der Waals surface area (Å²) in [5.74, 6) is 0.748. The zero-order chi connectivity index (χ0) is 25.8. The van der Waals surface area contributed by atoms with Gasteiger partial charge in [-0.1, -0.05) is 12.8 Å². The molecule has 3 saturated heterocycles.